The first kappa shape index (κ1) is 16.8. The van der Waals surface area contributed by atoms with Crippen molar-refractivity contribution in [3.63, 3.8) is 0 Å². The van der Waals surface area contributed by atoms with Crippen molar-refractivity contribution in [1.82, 2.24) is 4.90 Å². The van der Waals surface area contributed by atoms with E-state index in [0.717, 1.165) is 4.90 Å². The number of morpholine rings is 1. The first-order valence-corrected chi connectivity index (χ1v) is 9.66. The lowest BCUT2D eigenvalue weighted by molar-refractivity contribution is -0.123. The van der Waals surface area contributed by atoms with Gasteiger partial charge in [0.1, 0.15) is 0 Å². The van der Waals surface area contributed by atoms with Crippen molar-refractivity contribution in [1.29, 1.82) is 0 Å². The van der Waals surface area contributed by atoms with E-state index in [1.807, 2.05) is 32.2 Å². The van der Waals surface area contributed by atoms with Crippen LogP contribution >= 0.6 is 19.6 Å². The molecule has 0 aliphatic carbocycles. The predicted octanol–water partition coefficient (Wildman–Crippen LogP) is 2.23. The van der Waals surface area contributed by atoms with Crippen LogP contribution in [0.1, 0.15) is 13.8 Å². The molecule has 2 rings (SSSR count). The van der Waals surface area contributed by atoms with Crippen LogP contribution < -0.4 is 5.30 Å². The van der Waals surface area contributed by atoms with Crippen LogP contribution in [0, 0.1) is 0 Å². The average Bonchev–Trinajstić information content (AvgIpc) is 2.54. The van der Waals surface area contributed by atoms with Gasteiger partial charge in [0.15, 0.2) is 7.80 Å². The van der Waals surface area contributed by atoms with Crippen molar-refractivity contribution in [2.24, 2.45) is 0 Å². The quantitative estimate of drug-likeness (QED) is 0.613. The molecule has 0 saturated carbocycles. The summed E-state index contributed by atoms with van der Waals surface area (Å²) in [6.07, 6.45) is 1.99. The molecule has 1 aromatic carbocycles. The molecule has 1 heterocycles. The van der Waals surface area contributed by atoms with E-state index in [1.165, 1.54) is 0 Å². The second-order valence-corrected chi connectivity index (χ2v) is 8.11. The lowest BCUT2D eigenvalue weighted by atomic mass is 10.0. The molecule has 1 fully saturated rings. The molecule has 0 aromatic heterocycles. The number of hydrogen-bond acceptors (Lipinski definition) is 5. The third kappa shape index (κ3) is 3.78. The molecule has 0 amide bonds. The summed E-state index contributed by atoms with van der Waals surface area (Å²) >= 11 is 1.63. The maximum Gasteiger partial charge on any atom is 0.212 e. The first-order chi connectivity index (χ1) is 9.96. The zero-order valence-electron chi connectivity index (χ0n) is 12.7. The molecule has 1 saturated heterocycles. The zero-order chi connectivity index (χ0) is 15.5. The first-order valence-electron chi connectivity index (χ1n) is 7.03. The number of benzene rings is 1. The molecule has 1 aliphatic rings. The van der Waals surface area contributed by atoms with Crippen molar-refractivity contribution in [2.75, 3.05) is 32.6 Å². The largest absolute Gasteiger partial charge is 0.379 e. The molecule has 1 atom stereocenters. The molecule has 0 spiro atoms. The van der Waals surface area contributed by atoms with E-state index in [9.17, 15) is 9.36 Å². The summed E-state index contributed by atoms with van der Waals surface area (Å²) in [5, 5.41) is 0.643. The van der Waals surface area contributed by atoms with Crippen molar-refractivity contribution < 1.29 is 14.1 Å². The third-order valence-corrected chi connectivity index (χ3v) is 6.54. The third-order valence-electron chi connectivity index (χ3n) is 3.92. The van der Waals surface area contributed by atoms with Gasteiger partial charge < -0.3 is 9.30 Å². The number of carbonyl (C=O) groups excluding carboxylic acids is 1. The standard InChI is InChI=1S/C15H22NO3PS/c1-15(2,16-8-10-19-11-9-16)14(17)20(18)12-4-6-13(21-3)7-5-12/h4-7,20H,8-11H2,1-3H3. The fourth-order valence-electron chi connectivity index (χ4n) is 2.42. The molecule has 0 radical (unpaired) electrons. The van der Waals surface area contributed by atoms with Gasteiger partial charge in [0, 0.05) is 23.3 Å². The molecule has 1 aromatic rings. The molecular formula is C15H22NO3PS. The van der Waals surface area contributed by atoms with Gasteiger partial charge in [-0.3, -0.25) is 9.69 Å². The van der Waals surface area contributed by atoms with Gasteiger partial charge in [-0.25, -0.2) is 0 Å². The lowest BCUT2D eigenvalue weighted by Gasteiger charge is -2.39. The smallest absolute Gasteiger partial charge is 0.212 e. The van der Waals surface area contributed by atoms with Crippen LogP contribution in [0.25, 0.3) is 0 Å². The Kier molecular flexibility index (Phi) is 5.67. The number of hydrogen-bond donors (Lipinski definition) is 0. The number of carbonyl (C=O) groups is 1. The Morgan fingerprint density at radius 3 is 2.33 bits per heavy atom. The SMILES string of the molecule is CSc1ccc([PH](=O)C(=O)C(C)(C)N2CCOCC2)cc1. The van der Waals surface area contributed by atoms with Crippen molar-refractivity contribution in [2.45, 2.75) is 24.3 Å². The van der Waals surface area contributed by atoms with Crippen LogP contribution in [0.15, 0.2) is 29.2 Å². The summed E-state index contributed by atoms with van der Waals surface area (Å²) < 4.78 is 17.9. The highest BCUT2D eigenvalue weighted by Crippen LogP contribution is 2.32. The van der Waals surface area contributed by atoms with E-state index < -0.39 is 13.3 Å². The molecule has 4 nitrogen and oxygen atoms in total. The van der Waals surface area contributed by atoms with Gasteiger partial charge in [0.2, 0.25) is 5.52 Å². The van der Waals surface area contributed by atoms with Crippen LogP contribution in [-0.2, 0) is 14.1 Å². The summed E-state index contributed by atoms with van der Waals surface area (Å²) in [6.45, 7) is 6.39. The summed E-state index contributed by atoms with van der Waals surface area (Å²) in [5.74, 6) is 0. The summed E-state index contributed by atoms with van der Waals surface area (Å²) in [4.78, 5) is 15.8. The van der Waals surface area contributed by atoms with Gasteiger partial charge in [-0.1, -0.05) is 12.1 Å². The Morgan fingerprint density at radius 1 is 1.24 bits per heavy atom. The van der Waals surface area contributed by atoms with Crippen LogP contribution in [0.2, 0.25) is 0 Å². The summed E-state index contributed by atoms with van der Waals surface area (Å²) in [7, 11) is -2.46. The minimum atomic E-state index is -2.46. The van der Waals surface area contributed by atoms with E-state index in [2.05, 4.69) is 4.90 Å². The minimum Gasteiger partial charge on any atom is -0.379 e. The maximum absolute atomic E-state index is 12.7. The Hall–Kier alpha value is -0.610. The Labute approximate surface area is 131 Å². The second kappa shape index (κ2) is 7.10. The summed E-state index contributed by atoms with van der Waals surface area (Å²) in [5.41, 5.74) is -0.885. The van der Waals surface area contributed by atoms with Crippen LogP contribution in [-0.4, -0.2) is 48.5 Å². The molecule has 1 unspecified atom stereocenters. The Morgan fingerprint density at radius 2 is 1.81 bits per heavy atom. The molecule has 21 heavy (non-hydrogen) atoms. The predicted molar refractivity (Wildman–Crippen MR) is 88.3 cm³/mol. The van der Waals surface area contributed by atoms with Crippen LogP contribution in [0.3, 0.4) is 0 Å². The highest BCUT2D eigenvalue weighted by atomic mass is 32.2. The summed E-state index contributed by atoms with van der Waals surface area (Å²) in [6, 6.07) is 7.44. The average molecular weight is 327 g/mol. The van der Waals surface area contributed by atoms with Gasteiger partial charge in [0.25, 0.3) is 0 Å². The zero-order valence-corrected chi connectivity index (χ0v) is 14.5. The molecule has 116 valence electrons. The van der Waals surface area contributed by atoms with Gasteiger partial charge >= 0.3 is 0 Å². The number of thioether (sulfide) groups is 1. The van der Waals surface area contributed by atoms with Crippen LogP contribution in [0.4, 0.5) is 0 Å². The number of rotatable bonds is 5. The molecular weight excluding hydrogens is 305 g/mol. The van der Waals surface area contributed by atoms with Gasteiger partial charge in [-0.2, -0.15) is 0 Å². The lowest BCUT2D eigenvalue weighted by Crippen LogP contribution is -2.53. The molecule has 0 bridgehead atoms. The highest BCUT2D eigenvalue weighted by Gasteiger charge is 2.38. The van der Waals surface area contributed by atoms with E-state index >= 15 is 0 Å². The van der Waals surface area contributed by atoms with Crippen molar-refractivity contribution in [3.8, 4) is 0 Å². The Balaban J connectivity index is 2.14. The minimum absolute atomic E-state index is 0.175. The Bertz CT molecular complexity index is 524. The van der Waals surface area contributed by atoms with Gasteiger partial charge in [0.05, 0.1) is 18.8 Å². The van der Waals surface area contributed by atoms with Gasteiger partial charge in [-0.05, 0) is 32.2 Å². The van der Waals surface area contributed by atoms with E-state index in [0.29, 0.717) is 31.6 Å². The fourth-order valence-corrected chi connectivity index (χ4v) is 4.27. The highest BCUT2D eigenvalue weighted by molar-refractivity contribution is 7.98. The topological polar surface area (TPSA) is 46.6 Å². The van der Waals surface area contributed by atoms with E-state index in [1.54, 1.807) is 23.9 Å². The molecule has 1 aliphatic heterocycles. The van der Waals surface area contributed by atoms with Crippen molar-refractivity contribution >= 4 is 30.4 Å². The second-order valence-electron chi connectivity index (χ2n) is 5.55. The fraction of sp³-hybridized carbons (Fsp3) is 0.533. The van der Waals surface area contributed by atoms with E-state index in [-0.39, 0.29) is 5.52 Å². The van der Waals surface area contributed by atoms with Crippen LogP contribution in [0.5, 0.6) is 0 Å². The van der Waals surface area contributed by atoms with Crippen molar-refractivity contribution in [3.05, 3.63) is 24.3 Å². The molecule has 0 N–H and O–H groups in total. The molecule has 6 heteroatoms. The maximum atomic E-state index is 12.7. The number of nitrogens with zero attached hydrogens (tertiary/aromatic N) is 1. The number of ether oxygens (including phenoxy) is 1. The monoisotopic (exact) mass is 327 g/mol. The normalized spacial score (nSPS) is 18.4. The van der Waals surface area contributed by atoms with Gasteiger partial charge in [-0.15, -0.1) is 11.8 Å². The van der Waals surface area contributed by atoms with E-state index in [4.69, 9.17) is 4.74 Å².